The van der Waals surface area contributed by atoms with Crippen LogP contribution in [0.1, 0.15) is 106 Å². The molecule has 4 amide bonds. The van der Waals surface area contributed by atoms with Crippen LogP contribution in [0.4, 0.5) is 21.9 Å². The number of fused-ring (bicyclic) bond motifs is 9. The number of carboxylic acids is 1. The minimum Gasteiger partial charge on any atom is -0.479 e. The zero-order valence-electron chi connectivity index (χ0n) is 51.3. The standard InChI is InChI=1S/C71H77N5O16/c1-67-25-23-48(78)28-45(67)16-19-49-50-29-46-33-75(39-71(46,55(80)34-77)68(50,2)31-53(79)59(49)67)47-17-11-40(12-18-47)30-69-36-70(37-69,38-69)74-66(89)90-35-41-13-20-54(91-65-62(86)60(84)61(85)63(92-65)64(87)88)51(27-41)73-57(82)24-26-72-56(81)21-22-58(83)76-32-44-9-4-3-7-42(44)14-15-43-8-5-6-10-52(43)76/h3-13,17-18,20,23,25,27-28,46,49-50,53,59-63,65,77,79,84-86H,16,19,21-22,24,26,29-39H2,1-2H3,(H,72,81)(H,73,82)(H,74,89)(H,87,88)/t46-,49-,50-,53-,59+,60-,61-,62+,63-,65+,67-,68-,69?,70?,71+/m0/s1. The molecule has 10 aliphatic rings. The molecule has 9 N–H and O–H groups in total. The summed E-state index contributed by atoms with van der Waals surface area (Å²) in [4.78, 5) is 96.2. The molecule has 3 heterocycles. The van der Waals surface area contributed by atoms with Crippen LogP contribution in [0.25, 0.3) is 0 Å². The first-order valence-corrected chi connectivity index (χ1v) is 31.9. The van der Waals surface area contributed by atoms with Crippen molar-refractivity contribution in [3.05, 3.63) is 143 Å². The van der Waals surface area contributed by atoms with Gasteiger partial charge in [0, 0.05) is 72.6 Å². The number of rotatable bonds is 18. The molecule has 0 unspecified atom stereocenters. The van der Waals surface area contributed by atoms with Gasteiger partial charge in [0.2, 0.25) is 24.0 Å². The van der Waals surface area contributed by atoms with Crippen molar-refractivity contribution in [1.82, 2.24) is 10.6 Å². The first-order valence-electron chi connectivity index (χ1n) is 31.9. The third kappa shape index (κ3) is 11.0. The third-order valence-corrected chi connectivity index (χ3v) is 22.2. The summed E-state index contributed by atoms with van der Waals surface area (Å²) in [6, 6.07) is 27.6. The van der Waals surface area contributed by atoms with Crippen molar-refractivity contribution in [2.24, 2.45) is 45.3 Å². The average molecular weight is 1260 g/mol. The fourth-order valence-corrected chi connectivity index (χ4v) is 18.0. The molecule has 92 heavy (non-hydrogen) atoms. The van der Waals surface area contributed by atoms with Crippen LogP contribution in [0.3, 0.4) is 0 Å². The quantitative estimate of drug-likeness (QED) is 0.0564. The Morgan fingerprint density at radius 2 is 1.55 bits per heavy atom. The summed E-state index contributed by atoms with van der Waals surface area (Å²) in [5, 5.41) is 72.3. The Labute approximate surface area is 532 Å². The van der Waals surface area contributed by atoms with Crippen LogP contribution < -0.4 is 30.5 Å². The second kappa shape index (κ2) is 24.0. The SMILES string of the molecule is C[C@]12C=CC(=O)C=C1CC[C@@H]1[C@@H]2[C@@H](O)C[C@@]2(C)[C@H]1C[C@H]1CN(c3ccc(CC45CC(NC(=O)OCc6ccc(O[C@@H]7O[C@H](C(=O)O)[C@@H](O)[C@H](O)[C@H]7O)c(NC(=O)CCNC(=O)CCC(=O)N7Cc8ccccc8C#Cc8ccccc87)c6)(C4)C5)cc3)C[C@]12C(=O)CO. The van der Waals surface area contributed by atoms with Crippen molar-refractivity contribution in [2.45, 2.75) is 140 Å². The van der Waals surface area contributed by atoms with E-state index in [1.54, 1.807) is 17.1 Å². The third-order valence-electron chi connectivity index (χ3n) is 22.2. The second-order valence-electron chi connectivity index (χ2n) is 27.7. The second-order valence-corrected chi connectivity index (χ2v) is 27.7. The van der Waals surface area contributed by atoms with E-state index in [0.29, 0.717) is 36.3 Å². The monoisotopic (exact) mass is 1260 g/mol. The number of aliphatic hydroxyl groups excluding tert-OH is 5. The van der Waals surface area contributed by atoms with Gasteiger partial charge in [-0.25, -0.2) is 9.59 Å². The maximum Gasteiger partial charge on any atom is 0.407 e. The van der Waals surface area contributed by atoms with Gasteiger partial charge in [-0.1, -0.05) is 85.9 Å². The Hall–Kier alpha value is -8.23. The zero-order chi connectivity index (χ0) is 64.6. The molecule has 482 valence electrons. The average Bonchev–Trinajstić information content (AvgIpc) is 1.08. The topological polar surface area (TPSA) is 311 Å². The number of nitrogens with zero attached hydrogens (tertiary/aromatic N) is 2. The number of para-hydroxylation sites is 1. The zero-order valence-corrected chi connectivity index (χ0v) is 51.3. The number of aliphatic hydroxyl groups is 5. The number of allylic oxidation sites excluding steroid dienone is 4. The maximum atomic E-state index is 14.3. The number of amides is 4. The Bertz CT molecular complexity index is 3780. The van der Waals surface area contributed by atoms with E-state index < -0.39 is 89.1 Å². The van der Waals surface area contributed by atoms with E-state index in [9.17, 15) is 64.2 Å². The number of Topliss-reactive ketones (excluding diaryl/α,β-unsaturated/α-hetero) is 1. The van der Waals surface area contributed by atoms with Crippen LogP contribution >= 0.6 is 0 Å². The number of alkyl carbamates (subject to hydrolysis) is 1. The number of hydrogen-bond acceptors (Lipinski definition) is 16. The Morgan fingerprint density at radius 3 is 2.32 bits per heavy atom. The lowest BCUT2D eigenvalue weighted by atomic mass is 9.38. The molecule has 2 saturated heterocycles. The lowest BCUT2D eigenvalue weighted by molar-refractivity contribution is -0.271. The van der Waals surface area contributed by atoms with E-state index in [0.717, 1.165) is 72.9 Å². The summed E-state index contributed by atoms with van der Waals surface area (Å²) in [7, 11) is 0. The van der Waals surface area contributed by atoms with Crippen LogP contribution in [-0.2, 0) is 57.8 Å². The van der Waals surface area contributed by atoms with E-state index in [4.69, 9.17) is 14.2 Å². The first kappa shape index (κ1) is 62.6. The number of carbonyl (C=O) groups is 7. The number of carboxylic acid groups (broad SMARTS) is 1. The summed E-state index contributed by atoms with van der Waals surface area (Å²) in [6.45, 7) is 4.79. The number of benzene rings is 4. The lowest BCUT2D eigenvalue weighted by Crippen LogP contribution is -2.75. The summed E-state index contributed by atoms with van der Waals surface area (Å²) in [5.74, 6) is 3.35. The normalized spacial score (nSPS) is 33.3. The highest BCUT2D eigenvalue weighted by Gasteiger charge is 2.74. The number of ketones is 2. The molecule has 21 nitrogen and oxygen atoms in total. The van der Waals surface area contributed by atoms with Crippen LogP contribution in [0.5, 0.6) is 5.75 Å². The van der Waals surface area contributed by atoms with Gasteiger partial charge in [-0.2, -0.15) is 0 Å². The molecule has 3 aliphatic heterocycles. The van der Waals surface area contributed by atoms with Crippen molar-refractivity contribution in [3.63, 3.8) is 0 Å². The van der Waals surface area contributed by atoms with E-state index in [2.05, 4.69) is 70.8 Å². The number of carbonyl (C=O) groups excluding carboxylic acids is 6. The molecule has 4 aromatic carbocycles. The molecule has 13 atom stereocenters. The molecular formula is C71H77N5O16. The van der Waals surface area contributed by atoms with Gasteiger partial charge in [0.1, 0.15) is 37.3 Å². The number of anilines is 3. The molecule has 21 heteroatoms. The molecule has 2 bridgehead atoms. The summed E-state index contributed by atoms with van der Waals surface area (Å²) in [5.41, 5.74) is 4.36. The summed E-state index contributed by atoms with van der Waals surface area (Å²) >= 11 is 0. The molecule has 0 aromatic heterocycles. The molecule has 4 aromatic rings. The Morgan fingerprint density at radius 1 is 0.826 bits per heavy atom. The number of hydrogen-bond donors (Lipinski definition) is 9. The van der Waals surface area contributed by atoms with E-state index in [1.165, 1.54) is 18.2 Å². The van der Waals surface area contributed by atoms with Gasteiger partial charge >= 0.3 is 12.1 Å². The van der Waals surface area contributed by atoms with Gasteiger partial charge in [0.25, 0.3) is 0 Å². The molecule has 7 aliphatic carbocycles. The Balaban J connectivity index is 0.603. The van der Waals surface area contributed by atoms with Gasteiger partial charge in [-0.3, -0.25) is 24.0 Å². The number of aliphatic carboxylic acids is 1. The van der Waals surface area contributed by atoms with E-state index in [-0.39, 0.29) is 97.0 Å². The van der Waals surface area contributed by atoms with Crippen LogP contribution in [0.15, 0.2) is 115 Å². The highest BCUT2D eigenvalue weighted by molar-refractivity contribution is 6.01. The van der Waals surface area contributed by atoms with E-state index >= 15 is 0 Å². The fourth-order valence-electron chi connectivity index (χ4n) is 18.0. The van der Waals surface area contributed by atoms with Gasteiger partial charge < -0.3 is 70.6 Å². The molecule has 8 fully saturated rings. The fraction of sp³-hybridized carbons (Fsp3) is 0.479. The van der Waals surface area contributed by atoms with Crippen molar-refractivity contribution in [1.29, 1.82) is 0 Å². The Kier molecular flexibility index (Phi) is 16.3. The summed E-state index contributed by atoms with van der Waals surface area (Å²) in [6.07, 6.45) is -0.159. The summed E-state index contributed by atoms with van der Waals surface area (Å²) < 4.78 is 16.9. The molecule has 0 radical (unpaired) electrons. The van der Waals surface area contributed by atoms with Crippen molar-refractivity contribution >= 4 is 58.4 Å². The van der Waals surface area contributed by atoms with Gasteiger partial charge in [0.15, 0.2) is 17.7 Å². The lowest BCUT2D eigenvalue weighted by Gasteiger charge is -2.70. The maximum absolute atomic E-state index is 14.3. The molecular weight excluding hydrogens is 1180 g/mol. The van der Waals surface area contributed by atoms with Crippen molar-refractivity contribution in [3.8, 4) is 17.6 Å². The minimum atomic E-state index is -1.98. The van der Waals surface area contributed by atoms with Crippen molar-refractivity contribution in [2.75, 3.05) is 41.4 Å². The largest absolute Gasteiger partial charge is 0.479 e. The minimum absolute atomic E-state index is 0.00103. The smallest absolute Gasteiger partial charge is 0.407 e. The molecule has 6 saturated carbocycles. The van der Waals surface area contributed by atoms with Gasteiger partial charge in [-0.15, -0.1) is 0 Å². The van der Waals surface area contributed by atoms with Crippen LogP contribution in [0.2, 0.25) is 0 Å². The highest BCUT2D eigenvalue weighted by atomic mass is 16.7. The first-order chi connectivity index (χ1) is 44.0. The number of ether oxygens (including phenoxy) is 3. The van der Waals surface area contributed by atoms with Crippen molar-refractivity contribution < 1.29 is 78.4 Å². The molecule has 14 rings (SSSR count). The number of nitrogens with one attached hydrogen (secondary N) is 3. The predicted molar refractivity (Wildman–Crippen MR) is 333 cm³/mol. The van der Waals surface area contributed by atoms with Crippen LogP contribution in [-0.4, -0.2) is 141 Å². The highest BCUT2D eigenvalue weighted by Crippen LogP contribution is 2.73. The van der Waals surface area contributed by atoms with Gasteiger partial charge in [0.05, 0.1) is 29.4 Å². The predicted octanol–water partition coefficient (Wildman–Crippen LogP) is 5.39. The molecule has 0 spiro atoms. The van der Waals surface area contributed by atoms with Gasteiger partial charge in [-0.05, 0) is 151 Å². The van der Waals surface area contributed by atoms with Crippen LogP contribution in [0, 0.1) is 57.2 Å². The van der Waals surface area contributed by atoms with E-state index in [1.807, 2.05) is 54.6 Å².